The molecule has 3 heteroatoms. The maximum absolute atomic E-state index is 3.34. The Morgan fingerprint density at radius 1 is 1.17 bits per heavy atom. The molecular formula is C3H7NSi2. The first-order valence-corrected chi connectivity index (χ1v) is 4.62. The predicted molar refractivity (Wildman–Crippen MR) is 28.9 cm³/mol. The van der Waals surface area contributed by atoms with Crippen LogP contribution in [0.25, 0.3) is 0 Å². The topological polar surface area (TPSA) is 12.0 Å². The first-order valence-electron chi connectivity index (χ1n) is 2.21. The second-order valence-corrected chi connectivity index (χ2v) is 4.04. The molecule has 1 fully saturated rings. The van der Waals surface area contributed by atoms with Crippen LogP contribution in [0.2, 0.25) is 12.1 Å². The lowest BCUT2D eigenvalue weighted by Gasteiger charge is -2.05. The van der Waals surface area contributed by atoms with Gasteiger partial charge in [0.05, 0.1) is 0 Å². The van der Waals surface area contributed by atoms with Crippen LogP contribution in [0.4, 0.5) is 0 Å². The Bertz CT molecular complexity index is 24.3. The average Bonchev–Trinajstić information content (AvgIpc) is 1.72. The van der Waals surface area contributed by atoms with Crippen molar-refractivity contribution < 1.29 is 0 Å². The van der Waals surface area contributed by atoms with Crippen molar-refractivity contribution in [3.63, 3.8) is 0 Å². The third-order valence-corrected chi connectivity index (χ3v) is 3.40. The second-order valence-electron chi connectivity index (χ2n) is 1.33. The van der Waals surface area contributed by atoms with Crippen LogP contribution in [0.5, 0.6) is 0 Å². The summed E-state index contributed by atoms with van der Waals surface area (Å²) in [5.74, 6) is 0. The summed E-state index contributed by atoms with van der Waals surface area (Å²) in [7, 11) is 2.13. The molecule has 32 valence electrons. The molecule has 1 nitrogen and oxygen atoms in total. The van der Waals surface area contributed by atoms with Gasteiger partial charge in [-0.1, -0.05) is 6.42 Å². The lowest BCUT2D eigenvalue weighted by Crippen LogP contribution is -2.27. The highest BCUT2D eigenvalue weighted by atomic mass is 28.3. The van der Waals surface area contributed by atoms with Crippen LogP contribution in [0.15, 0.2) is 0 Å². The molecule has 1 heterocycles. The third-order valence-electron chi connectivity index (χ3n) is 0.780. The maximum Gasteiger partial charge on any atom is 0.131 e. The summed E-state index contributed by atoms with van der Waals surface area (Å²) in [6.45, 7) is 0. The lowest BCUT2D eigenvalue weighted by atomic mass is 10.6. The van der Waals surface area contributed by atoms with E-state index in [0.717, 1.165) is 19.4 Å². The van der Waals surface area contributed by atoms with Gasteiger partial charge in [0, 0.05) is 0 Å². The highest BCUT2D eigenvalue weighted by Gasteiger charge is 1.97. The molecule has 0 bridgehead atoms. The van der Waals surface area contributed by atoms with E-state index in [1.54, 1.807) is 0 Å². The van der Waals surface area contributed by atoms with Gasteiger partial charge in [0.15, 0.2) is 0 Å². The Morgan fingerprint density at radius 2 is 1.83 bits per heavy atom. The van der Waals surface area contributed by atoms with Crippen LogP contribution in [0.1, 0.15) is 6.42 Å². The van der Waals surface area contributed by atoms with Crippen LogP contribution in [0, 0.1) is 0 Å². The highest BCUT2D eigenvalue weighted by molar-refractivity contribution is 6.52. The first kappa shape index (κ1) is 4.55. The van der Waals surface area contributed by atoms with Crippen molar-refractivity contribution in [1.82, 2.24) is 4.65 Å². The average molecular weight is 113 g/mol. The SMILES string of the molecule is C1C[Si]N[Si]C1. The largest absolute Gasteiger partial charge is 0.363 e. The molecule has 1 saturated heterocycles. The Hall–Kier alpha value is 0.394. The van der Waals surface area contributed by atoms with Crippen molar-refractivity contribution in [3.05, 3.63) is 0 Å². The summed E-state index contributed by atoms with van der Waals surface area (Å²) >= 11 is 0. The molecule has 0 amide bonds. The number of nitrogens with one attached hydrogen (secondary N) is 1. The molecule has 1 aliphatic heterocycles. The van der Waals surface area contributed by atoms with Crippen LogP contribution in [-0.2, 0) is 0 Å². The van der Waals surface area contributed by atoms with Crippen LogP contribution >= 0.6 is 0 Å². The molecule has 6 heavy (non-hydrogen) atoms. The number of hydrogen-bond donors (Lipinski definition) is 1. The molecule has 0 aromatic carbocycles. The lowest BCUT2D eigenvalue weighted by molar-refractivity contribution is 1.02. The molecule has 1 rings (SSSR count). The van der Waals surface area contributed by atoms with E-state index < -0.39 is 0 Å². The van der Waals surface area contributed by atoms with Crippen molar-refractivity contribution in [2.75, 3.05) is 0 Å². The van der Waals surface area contributed by atoms with Gasteiger partial charge in [-0.25, -0.2) is 0 Å². The Balaban J connectivity index is 2.00. The zero-order chi connectivity index (χ0) is 4.24. The van der Waals surface area contributed by atoms with Crippen molar-refractivity contribution in [1.29, 1.82) is 0 Å². The minimum Gasteiger partial charge on any atom is -0.363 e. The van der Waals surface area contributed by atoms with E-state index in [0.29, 0.717) is 0 Å². The molecule has 0 atom stereocenters. The van der Waals surface area contributed by atoms with Gasteiger partial charge in [0.1, 0.15) is 19.4 Å². The molecule has 0 aliphatic carbocycles. The number of hydrogen-bond acceptors (Lipinski definition) is 1. The second kappa shape index (κ2) is 2.55. The van der Waals surface area contributed by atoms with Gasteiger partial charge < -0.3 is 4.65 Å². The Morgan fingerprint density at radius 3 is 2.00 bits per heavy atom. The maximum atomic E-state index is 3.34. The van der Waals surface area contributed by atoms with Gasteiger partial charge in [-0.3, -0.25) is 0 Å². The monoisotopic (exact) mass is 113 g/mol. The quantitative estimate of drug-likeness (QED) is 0.438. The van der Waals surface area contributed by atoms with E-state index in [1.807, 2.05) is 0 Å². The fourth-order valence-corrected chi connectivity index (χ4v) is 3.01. The summed E-state index contributed by atoms with van der Waals surface area (Å²) in [4.78, 5) is 0. The summed E-state index contributed by atoms with van der Waals surface area (Å²) in [6.07, 6.45) is 1.46. The molecule has 0 spiro atoms. The van der Waals surface area contributed by atoms with Crippen LogP contribution < -0.4 is 4.65 Å². The molecule has 1 aliphatic rings. The highest BCUT2D eigenvalue weighted by Crippen LogP contribution is 1.96. The summed E-state index contributed by atoms with van der Waals surface area (Å²) in [6, 6.07) is 2.85. The standard InChI is InChI=1S/C3H7NSi2/c1-2-5-4-6-3-1/h4H,1-3H2. The van der Waals surface area contributed by atoms with E-state index in [4.69, 9.17) is 0 Å². The minimum absolute atomic E-state index is 1.06. The van der Waals surface area contributed by atoms with Gasteiger partial charge in [-0.05, 0) is 12.1 Å². The zero-order valence-electron chi connectivity index (χ0n) is 3.62. The van der Waals surface area contributed by atoms with Crippen molar-refractivity contribution in [3.8, 4) is 0 Å². The normalized spacial score (nSPS) is 24.0. The molecule has 0 aromatic rings. The van der Waals surface area contributed by atoms with Gasteiger partial charge in [-0.2, -0.15) is 0 Å². The van der Waals surface area contributed by atoms with E-state index >= 15 is 0 Å². The molecule has 0 unspecified atom stereocenters. The third kappa shape index (κ3) is 1.24. The molecule has 4 radical (unpaired) electrons. The van der Waals surface area contributed by atoms with Crippen LogP contribution in [0.3, 0.4) is 0 Å². The fraction of sp³-hybridized carbons (Fsp3) is 1.00. The summed E-state index contributed by atoms with van der Waals surface area (Å²) < 4.78 is 3.34. The van der Waals surface area contributed by atoms with Gasteiger partial charge in [0.25, 0.3) is 0 Å². The molecular weight excluding hydrogens is 106 g/mol. The first-order chi connectivity index (χ1) is 3.00. The Labute approximate surface area is 43.3 Å². The van der Waals surface area contributed by atoms with Gasteiger partial charge in [-0.15, -0.1) is 0 Å². The molecule has 0 saturated carbocycles. The smallest absolute Gasteiger partial charge is 0.131 e. The van der Waals surface area contributed by atoms with Crippen molar-refractivity contribution in [2.24, 2.45) is 0 Å². The molecule has 1 N–H and O–H groups in total. The predicted octanol–water partition coefficient (Wildman–Crippen LogP) is 0.0547. The summed E-state index contributed by atoms with van der Waals surface area (Å²) in [5, 5.41) is 0. The number of rotatable bonds is 0. The van der Waals surface area contributed by atoms with Crippen molar-refractivity contribution in [2.45, 2.75) is 18.5 Å². The van der Waals surface area contributed by atoms with Gasteiger partial charge >= 0.3 is 0 Å². The van der Waals surface area contributed by atoms with Crippen molar-refractivity contribution >= 4 is 19.4 Å². The minimum atomic E-state index is 1.06. The summed E-state index contributed by atoms with van der Waals surface area (Å²) in [5.41, 5.74) is 0. The van der Waals surface area contributed by atoms with E-state index in [1.165, 1.54) is 18.5 Å². The van der Waals surface area contributed by atoms with Crippen LogP contribution in [-0.4, -0.2) is 19.4 Å². The molecule has 0 aromatic heterocycles. The van der Waals surface area contributed by atoms with E-state index in [9.17, 15) is 0 Å². The van der Waals surface area contributed by atoms with E-state index in [-0.39, 0.29) is 0 Å². The Kier molecular flexibility index (Phi) is 1.93. The fourth-order valence-electron chi connectivity index (χ4n) is 0.453. The zero-order valence-corrected chi connectivity index (χ0v) is 5.62. The van der Waals surface area contributed by atoms with E-state index in [2.05, 4.69) is 4.65 Å². The van der Waals surface area contributed by atoms with Gasteiger partial charge in [0.2, 0.25) is 0 Å².